The van der Waals surface area contributed by atoms with Crippen molar-refractivity contribution in [3.8, 4) is 0 Å². The number of anilines is 1. The molecule has 0 aliphatic carbocycles. The third-order valence-electron chi connectivity index (χ3n) is 8.31. The van der Waals surface area contributed by atoms with Crippen LogP contribution in [0, 0.1) is 20.8 Å². The quantitative estimate of drug-likeness (QED) is 0.223. The third-order valence-corrected chi connectivity index (χ3v) is 12.4. The predicted molar refractivity (Wildman–Crippen MR) is 170 cm³/mol. The highest BCUT2D eigenvalue weighted by molar-refractivity contribution is 8.22. The van der Waals surface area contributed by atoms with Crippen LogP contribution in [0.5, 0.6) is 0 Å². The molecular formula is C34H36N3PS. The zero-order valence-electron chi connectivity index (χ0n) is 23.4. The molecule has 3 heterocycles. The minimum Gasteiger partial charge on any atom is -0.351 e. The molecule has 3 nitrogen and oxygen atoms in total. The second-order valence-corrected chi connectivity index (χ2v) is 15.4. The van der Waals surface area contributed by atoms with E-state index < -0.39 is 6.19 Å². The molecule has 0 unspecified atom stereocenters. The molecule has 0 saturated heterocycles. The van der Waals surface area contributed by atoms with Crippen LogP contribution >= 0.6 is 6.19 Å². The van der Waals surface area contributed by atoms with Gasteiger partial charge in [-0.1, -0.05) is 104 Å². The first kappa shape index (κ1) is 25.9. The Labute approximate surface area is 237 Å². The molecule has 39 heavy (non-hydrogen) atoms. The van der Waals surface area contributed by atoms with Crippen LogP contribution in [-0.4, -0.2) is 9.13 Å². The molecule has 0 amide bonds. The molecule has 0 spiro atoms. The van der Waals surface area contributed by atoms with E-state index in [4.69, 9.17) is 11.8 Å². The molecule has 0 fully saturated rings. The summed E-state index contributed by atoms with van der Waals surface area (Å²) >= 11 is 6.83. The van der Waals surface area contributed by atoms with E-state index in [1.165, 1.54) is 49.8 Å². The van der Waals surface area contributed by atoms with Gasteiger partial charge in [0.05, 0.1) is 6.19 Å². The predicted octanol–water partition coefficient (Wildman–Crippen LogP) is 7.41. The second kappa shape index (κ2) is 9.70. The molecule has 0 radical (unpaired) electrons. The SMILES string of the molecule is Cc1ccc(NP2(=S)c3cn(Cc4ccccc4)c(C)c3C(C)(C)c3c2cn(Cc2ccccc2)c3C)cc1. The molecule has 1 aliphatic heterocycles. The van der Waals surface area contributed by atoms with Gasteiger partial charge >= 0.3 is 0 Å². The number of benzene rings is 3. The Hall–Kier alpha value is -3.33. The highest BCUT2D eigenvalue weighted by atomic mass is 32.4. The first-order valence-corrected chi connectivity index (χ1v) is 16.4. The number of aryl methyl sites for hydroxylation is 1. The lowest BCUT2D eigenvalue weighted by Crippen LogP contribution is -2.40. The van der Waals surface area contributed by atoms with E-state index in [9.17, 15) is 0 Å². The van der Waals surface area contributed by atoms with Crippen molar-refractivity contribution in [2.45, 2.75) is 53.1 Å². The summed E-state index contributed by atoms with van der Waals surface area (Å²) in [5.74, 6) is 0. The average Bonchev–Trinajstić information content (AvgIpc) is 3.44. The molecule has 1 aliphatic rings. The van der Waals surface area contributed by atoms with E-state index in [-0.39, 0.29) is 5.41 Å². The summed E-state index contributed by atoms with van der Waals surface area (Å²) in [5.41, 5.74) is 10.1. The van der Waals surface area contributed by atoms with Gasteiger partial charge in [-0.3, -0.25) is 0 Å². The Morgan fingerprint density at radius 1 is 0.667 bits per heavy atom. The van der Waals surface area contributed by atoms with Crippen molar-refractivity contribution in [2.75, 3.05) is 5.09 Å². The van der Waals surface area contributed by atoms with Gasteiger partial charge in [-0.05, 0) is 55.2 Å². The molecule has 6 rings (SSSR count). The monoisotopic (exact) mass is 549 g/mol. The first-order valence-electron chi connectivity index (χ1n) is 13.6. The molecule has 3 aromatic carbocycles. The normalized spacial score (nSPS) is 15.0. The minimum atomic E-state index is -2.39. The smallest absolute Gasteiger partial charge is 0.0940 e. The minimum absolute atomic E-state index is 0.167. The number of fused-ring (bicyclic) bond motifs is 2. The van der Waals surface area contributed by atoms with Crippen molar-refractivity contribution in [1.82, 2.24) is 9.13 Å². The number of hydrogen-bond donors (Lipinski definition) is 1. The van der Waals surface area contributed by atoms with Gasteiger partial charge in [-0.2, -0.15) is 0 Å². The van der Waals surface area contributed by atoms with Gasteiger partial charge in [0.15, 0.2) is 0 Å². The maximum atomic E-state index is 6.83. The molecule has 5 aromatic rings. The zero-order valence-corrected chi connectivity index (χ0v) is 25.1. The molecule has 2 aromatic heterocycles. The summed E-state index contributed by atoms with van der Waals surface area (Å²) in [5, 5.41) is 6.53. The van der Waals surface area contributed by atoms with Crippen LogP contribution in [0.4, 0.5) is 5.69 Å². The number of nitrogens with zero attached hydrogens (tertiary/aromatic N) is 2. The largest absolute Gasteiger partial charge is 0.351 e. The van der Waals surface area contributed by atoms with Crippen LogP contribution in [-0.2, 0) is 30.3 Å². The van der Waals surface area contributed by atoms with E-state index in [1.807, 2.05) is 0 Å². The Morgan fingerprint density at radius 2 is 1.10 bits per heavy atom. The molecule has 1 N–H and O–H groups in total. The van der Waals surface area contributed by atoms with Crippen molar-refractivity contribution < 1.29 is 0 Å². The Kier molecular flexibility index (Phi) is 6.44. The molecule has 0 atom stereocenters. The summed E-state index contributed by atoms with van der Waals surface area (Å²) in [4.78, 5) is 0. The molecule has 5 heteroatoms. The second-order valence-electron chi connectivity index (χ2n) is 11.4. The molecular weight excluding hydrogens is 513 g/mol. The van der Waals surface area contributed by atoms with Gasteiger partial charge < -0.3 is 14.2 Å². The van der Waals surface area contributed by atoms with Crippen LogP contribution in [0.15, 0.2) is 97.3 Å². The van der Waals surface area contributed by atoms with Crippen molar-refractivity contribution in [2.24, 2.45) is 0 Å². The molecule has 0 saturated carbocycles. The molecule has 198 valence electrons. The number of hydrogen-bond acceptors (Lipinski definition) is 1. The van der Waals surface area contributed by atoms with Gasteiger partial charge in [-0.25, -0.2) is 0 Å². The van der Waals surface area contributed by atoms with Crippen LogP contribution in [0.3, 0.4) is 0 Å². The van der Waals surface area contributed by atoms with Gasteiger partial charge in [-0.15, -0.1) is 0 Å². The fraction of sp³-hybridized carbons (Fsp3) is 0.235. The van der Waals surface area contributed by atoms with Crippen LogP contribution in [0.25, 0.3) is 0 Å². The lowest BCUT2D eigenvalue weighted by atomic mass is 9.77. The average molecular weight is 550 g/mol. The number of aromatic nitrogens is 2. The standard InChI is InChI=1S/C34H36N3PS/c1-24-16-18-29(19-17-24)35-38(39)30-22-36(20-27-12-8-6-9-13-27)25(2)32(30)34(4,5)33-26(3)37(23-31(33)38)21-28-14-10-7-11-15-28/h6-19,22-23H,20-21H2,1-5H3,(H,35,39). The summed E-state index contributed by atoms with van der Waals surface area (Å²) < 4.78 is 4.83. The summed E-state index contributed by atoms with van der Waals surface area (Å²) in [6, 6.07) is 30.1. The van der Waals surface area contributed by atoms with Crippen molar-refractivity contribution in [3.05, 3.63) is 137 Å². The van der Waals surface area contributed by atoms with E-state index in [2.05, 4.69) is 146 Å². The van der Waals surface area contributed by atoms with Crippen LogP contribution in [0.2, 0.25) is 0 Å². The summed E-state index contributed by atoms with van der Waals surface area (Å²) in [6.45, 7) is 13.1. The third kappa shape index (κ3) is 4.40. The zero-order chi connectivity index (χ0) is 27.4. The Morgan fingerprint density at radius 3 is 1.54 bits per heavy atom. The van der Waals surface area contributed by atoms with Gasteiger partial charge in [0.1, 0.15) is 0 Å². The van der Waals surface area contributed by atoms with E-state index in [0.717, 1.165) is 18.8 Å². The van der Waals surface area contributed by atoms with E-state index in [0.29, 0.717) is 0 Å². The lowest BCUT2D eigenvalue weighted by molar-refractivity contribution is 0.621. The van der Waals surface area contributed by atoms with E-state index >= 15 is 0 Å². The first-order chi connectivity index (χ1) is 18.7. The highest BCUT2D eigenvalue weighted by Gasteiger charge is 2.46. The maximum absolute atomic E-state index is 6.83. The number of nitrogens with one attached hydrogen (secondary N) is 1. The topological polar surface area (TPSA) is 21.9 Å². The highest BCUT2D eigenvalue weighted by Crippen LogP contribution is 2.55. The van der Waals surface area contributed by atoms with Crippen molar-refractivity contribution in [1.29, 1.82) is 0 Å². The Bertz CT molecular complexity index is 1590. The van der Waals surface area contributed by atoms with Gasteiger partial charge in [0.2, 0.25) is 0 Å². The van der Waals surface area contributed by atoms with Gasteiger partial charge in [0.25, 0.3) is 0 Å². The Balaban J connectivity index is 1.55. The van der Waals surface area contributed by atoms with Crippen molar-refractivity contribution in [3.63, 3.8) is 0 Å². The fourth-order valence-electron chi connectivity index (χ4n) is 6.37. The van der Waals surface area contributed by atoms with Gasteiger partial charge in [0, 0.05) is 58.6 Å². The van der Waals surface area contributed by atoms with Crippen LogP contribution in [0.1, 0.15) is 53.1 Å². The maximum Gasteiger partial charge on any atom is 0.0940 e. The fourth-order valence-corrected chi connectivity index (χ4v) is 10.6. The van der Waals surface area contributed by atoms with E-state index in [1.54, 1.807) is 0 Å². The van der Waals surface area contributed by atoms with Crippen molar-refractivity contribution >= 4 is 34.3 Å². The number of rotatable bonds is 6. The summed E-state index contributed by atoms with van der Waals surface area (Å²) in [6.07, 6.45) is 2.32. The molecule has 0 bridgehead atoms. The summed E-state index contributed by atoms with van der Waals surface area (Å²) in [7, 11) is 0. The lowest BCUT2D eigenvalue weighted by Gasteiger charge is -2.39. The van der Waals surface area contributed by atoms with Crippen LogP contribution < -0.4 is 15.7 Å².